The Morgan fingerprint density at radius 3 is 2.48 bits per heavy atom. The van der Waals surface area contributed by atoms with E-state index in [9.17, 15) is 18.7 Å². The first-order valence-corrected chi connectivity index (χ1v) is 10.8. The summed E-state index contributed by atoms with van der Waals surface area (Å²) in [6, 6.07) is 15.8. The number of benzene rings is 2. The summed E-state index contributed by atoms with van der Waals surface area (Å²) in [5.74, 6) is 0.763. The van der Waals surface area contributed by atoms with Crippen LogP contribution < -0.4 is 4.90 Å². The fraction of sp³-hybridized carbons (Fsp3) is 0.409. The second kappa shape index (κ2) is 8.32. The van der Waals surface area contributed by atoms with Crippen molar-refractivity contribution in [1.82, 2.24) is 4.90 Å². The third kappa shape index (κ3) is 4.41. The molecule has 0 aromatic heterocycles. The number of carbonyl (C=O) groups is 1. The maximum Gasteiger partial charge on any atom is 0.253 e. The first-order chi connectivity index (χ1) is 14.0. The van der Waals surface area contributed by atoms with Crippen LogP contribution in [0.5, 0.6) is 0 Å². The Labute approximate surface area is 173 Å². The number of piperidine rings is 1. The standard InChI is InChI=1S/C22H24F2N2O2S/c23-20(24)9-10-22(28)11-13-25(14-12-22)21(27)16-5-7-17(8-6-16)26-15-29-19-4-2-1-3-18(19)26/h1-8,20,28H,9-15H2. The second-order valence-electron chi connectivity index (χ2n) is 7.66. The van der Waals surface area contributed by atoms with Gasteiger partial charge in [0.25, 0.3) is 5.91 Å². The average molecular weight is 419 g/mol. The highest BCUT2D eigenvalue weighted by Gasteiger charge is 2.34. The molecule has 0 radical (unpaired) electrons. The lowest BCUT2D eigenvalue weighted by molar-refractivity contribution is -0.0346. The molecule has 1 amide bonds. The number of aliphatic hydroxyl groups is 1. The highest BCUT2D eigenvalue weighted by molar-refractivity contribution is 7.99. The van der Waals surface area contributed by atoms with Crippen LogP contribution in [-0.4, -0.2) is 46.9 Å². The van der Waals surface area contributed by atoms with Crippen LogP contribution in [-0.2, 0) is 0 Å². The van der Waals surface area contributed by atoms with Gasteiger partial charge in [-0.3, -0.25) is 4.79 Å². The summed E-state index contributed by atoms with van der Waals surface area (Å²) in [5.41, 5.74) is 1.74. The van der Waals surface area contributed by atoms with Gasteiger partial charge in [-0.2, -0.15) is 0 Å². The van der Waals surface area contributed by atoms with Gasteiger partial charge in [0, 0.05) is 35.7 Å². The van der Waals surface area contributed by atoms with Crippen LogP contribution in [0.1, 0.15) is 36.0 Å². The van der Waals surface area contributed by atoms with Crippen LogP contribution in [0.15, 0.2) is 53.4 Å². The largest absolute Gasteiger partial charge is 0.390 e. The quantitative estimate of drug-likeness (QED) is 0.750. The number of anilines is 2. The molecule has 0 atom stereocenters. The first-order valence-electron chi connectivity index (χ1n) is 9.84. The lowest BCUT2D eigenvalue weighted by atomic mass is 9.87. The molecule has 4 rings (SSSR count). The maximum absolute atomic E-state index is 12.8. The number of likely N-dealkylation sites (tertiary alicyclic amines) is 1. The third-order valence-corrected chi connectivity index (χ3v) is 6.78. The fourth-order valence-corrected chi connectivity index (χ4v) is 5.00. The van der Waals surface area contributed by atoms with Crippen LogP contribution in [0.4, 0.5) is 20.2 Å². The molecule has 1 fully saturated rings. The monoisotopic (exact) mass is 418 g/mol. The molecule has 2 aliphatic rings. The van der Waals surface area contributed by atoms with Crippen molar-refractivity contribution >= 4 is 29.0 Å². The van der Waals surface area contributed by atoms with E-state index in [1.165, 1.54) is 10.6 Å². The molecular formula is C22H24F2N2O2S. The smallest absolute Gasteiger partial charge is 0.253 e. The average Bonchev–Trinajstić information content (AvgIpc) is 3.17. The summed E-state index contributed by atoms with van der Waals surface area (Å²) in [5, 5.41) is 10.4. The molecule has 0 bridgehead atoms. The van der Waals surface area contributed by atoms with Gasteiger partial charge in [0.2, 0.25) is 6.43 Å². The van der Waals surface area contributed by atoms with Crippen molar-refractivity contribution in [2.24, 2.45) is 0 Å². The molecule has 0 spiro atoms. The summed E-state index contributed by atoms with van der Waals surface area (Å²) < 4.78 is 24.9. The number of thioether (sulfide) groups is 1. The van der Waals surface area contributed by atoms with Crippen molar-refractivity contribution in [2.75, 3.05) is 23.9 Å². The van der Waals surface area contributed by atoms with Crippen LogP contribution in [0.3, 0.4) is 0 Å². The molecule has 0 unspecified atom stereocenters. The topological polar surface area (TPSA) is 43.8 Å². The van der Waals surface area contributed by atoms with Gasteiger partial charge in [0.1, 0.15) is 0 Å². The predicted octanol–water partition coefficient (Wildman–Crippen LogP) is 4.90. The van der Waals surface area contributed by atoms with E-state index in [0.29, 0.717) is 31.5 Å². The number of amides is 1. The summed E-state index contributed by atoms with van der Waals surface area (Å²) >= 11 is 1.79. The van der Waals surface area contributed by atoms with Gasteiger partial charge in [-0.05, 0) is 55.7 Å². The van der Waals surface area contributed by atoms with E-state index in [-0.39, 0.29) is 18.7 Å². The number of hydrogen-bond donors (Lipinski definition) is 1. The SMILES string of the molecule is O=C(c1ccc(N2CSc3ccccc32)cc1)N1CCC(O)(CCC(F)F)CC1. The van der Waals surface area contributed by atoms with Gasteiger partial charge in [-0.25, -0.2) is 8.78 Å². The van der Waals surface area contributed by atoms with Crippen LogP contribution >= 0.6 is 11.8 Å². The van der Waals surface area contributed by atoms with Crippen LogP contribution in [0.25, 0.3) is 0 Å². The summed E-state index contributed by atoms with van der Waals surface area (Å²) in [6.07, 6.45) is -1.95. The molecule has 154 valence electrons. The third-order valence-electron chi connectivity index (χ3n) is 5.74. The minimum absolute atomic E-state index is 0.0799. The Morgan fingerprint density at radius 1 is 1.10 bits per heavy atom. The number of hydrogen-bond acceptors (Lipinski definition) is 4. The molecule has 2 aliphatic heterocycles. The summed E-state index contributed by atoms with van der Waals surface area (Å²) in [4.78, 5) is 18.0. The Bertz CT molecular complexity index is 867. The van der Waals surface area contributed by atoms with Gasteiger partial charge < -0.3 is 14.9 Å². The van der Waals surface area contributed by atoms with Gasteiger partial charge in [0.05, 0.1) is 17.2 Å². The Morgan fingerprint density at radius 2 is 1.79 bits per heavy atom. The number of rotatable bonds is 5. The highest BCUT2D eigenvalue weighted by Crippen LogP contribution is 2.42. The van der Waals surface area contributed by atoms with E-state index >= 15 is 0 Å². The number of nitrogens with zero attached hydrogens (tertiary/aromatic N) is 2. The fourth-order valence-electron chi connectivity index (χ4n) is 3.94. The van der Waals surface area contributed by atoms with Crippen molar-refractivity contribution in [3.63, 3.8) is 0 Å². The number of fused-ring (bicyclic) bond motifs is 1. The number of carbonyl (C=O) groups excluding carboxylic acids is 1. The van der Waals surface area contributed by atoms with Gasteiger partial charge >= 0.3 is 0 Å². The van der Waals surface area contributed by atoms with Gasteiger partial charge in [-0.15, -0.1) is 11.8 Å². The molecule has 4 nitrogen and oxygen atoms in total. The zero-order valence-electron chi connectivity index (χ0n) is 16.1. The minimum atomic E-state index is -2.40. The maximum atomic E-state index is 12.8. The zero-order chi connectivity index (χ0) is 20.4. The zero-order valence-corrected chi connectivity index (χ0v) is 16.9. The lowest BCUT2D eigenvalue weighted by Gasteiger charge is -2.38. The van der Waals surface area contributed by atoms with E-state index in [1.54, 1.807) is 16.7 Å². The molecule has 1 saturated heterocycles. The van der Waals surface area contributed by atoms with Crippen LogP contribution in [0, 0.1) is 0 Å². The Balaban J connectivity index is 1.38. The van der Waals surface area contributed by atoms with Crippen molar-refractivity contribution in [1.29, 1.82) is 0 Å². The molecule has 0 saturated carbocycles. The van der Waals surface area contributed by atoms with E-state index in [4.69, 9.17) is 0 Å². The van der Waals surface area contributed by atoms with Gasteiger partial charge in [-0.1, -0.05) is 12.1 Å². The van der Waals surface area contributed by atoms with Crippen molar-refractivity contribution in [2.45, 2.75) is 42.6 Å². The van der Waals surface area contributed by atoms with E-state index < -0.39 is 12.0 Å². The van der Waals surface area contributed by atoms with Gasteiger partial charge in [0.15, 0.2) is 0 Å². The molecule has 29 heavy (non-hydrogen) atoms. The number of alkyl halides is 2. The predicted molar refractivity (Wildman–Crippen MR) is 111 cm³/mol. The van der Waals surface area contributed by atoms with E-state index in [1.807, 2.05) is 36.4 Å². The molecule has 2 aromatic carbocycles. The Kier molecular flexibility index (Phi) is 5.79. The first kappa shape index (κ1) is 20.2. The molecule has 7 heteroatoms. The van der Waals surface area contributed by atoms with Crippen LogP contribution in [0.2, 0.25) is 0 Å². The van der Waals surface area contributed by atoms with Crippen molar-refractivity contribution < 1.29 is 18.7 Å². The summed E-state index contributed by atoms with van der Waals surface area (Å²) in [6.45, 7) is 0.771. The highest BCUT2D eigenvalue weighted by atomic mass is 32.2. The molecular weight excluding hydrogens is 394 g/mol. The van der Waals surface area contributed by atoms with E-state index in [0.717, 1.165) is 11.6 Å². The van der Waals surface area contributed by atoms with Crippen molar-refractivity contribution in [3.05, 3.63) is 54.1 Å². The summed E-state index contributed by atoms with van der Waals surface area (Å²) in [7, 11) is 0. The molecule has 0 aliphatic carbocycles. The lowest BCUT2D eigenvalue weighted by Crippen LogP contribution is -2.46. The normalized spacial score (nSPS) is 18.2. The minimum Gasteiger partial charge on any atom is -0.390 e. The number of halogens is 2. The molecule has 2 aromatic rings. The molecule has 2 heterocycles. The Hall–Kier alpha value is -2.12. The van der Waals surface area contributed by atoms with Crippen molar-refractivity contribution in [3.8, 4) is 0 Å². The van der Waals surface area contributed by atoms with E-state index in [2.05, 4.69) is 17.0 Å². The number of para-hydroxylation sites is 1. The second-order valence-corrected chi connectivity index (χ2v) is 8.65. The molecule has 1 N–H and O–H groups in total.